The Morgan fingerprint density at radius 3 is 2.73 bits per heavy atom. The van der Waals surface area contributed by atoms with Gasteiger partial charge in [0.2, 0.25) is 0 Å². The molecule has 1 saturated carbocycles. The number of hydrogen-bond acceptors (Lipinski definition) is 3. The molecule has 0 radical (unpaired) electrons. The second kappa shape index (κ2) is 4.18. The van der Waals surface area contributed by atoms with Crippen molar-refractivity contribution in [2.45, 2.75) is 37.8 Å². The van der Waals surface area contributed by atoms with E-state index in [0.717, 1.165) is 25.7 Å². The maximum Gasteiger partial charge on any atom is 0.394 e. The van der Waals surface area contributed by atoms with E-state index in [1.165, 1.54) is 4.90 Å². The molecule has 1 aliphatic carbocycles. The van der Waals surface area contributed by atoms with Crippen LogP contribution in [0.1, 0.15) is 25.7 Å². The average Bonchev–Trinajstić information content (AvgIpc) is 2.27. The molecule has 0 aromatic carbocycles. The molecule has 1 amide bonds. The average molecular weight is 213 g/mol. The predicted molar refractivity (Wildman–Crippen MR) is 51.3 cm³/mol. The van der Waals surface area contributed by atoms with Crippen molar-refractivity contribution >= 4 is 11.9 Å². The fraction of sp³-hybridized carbons (Fsp3) is 0.800. The summed E-state index contributed by atoms with van der Waals surface area (Å²) in [7, 11) is 0. The van der Waals surface area contributed by atoms with Gasteiger partial charge >= 0.3 is 11.9 Å². The summed E-state index contributed by atoms with van der Waals surface area (Å²) in [6, 6.07) is -0.0175. The summed E-state index contributed by atoms with van der Waals surface area (Å²) in [6.07, 6.45) is 4.01. The Hall–Kier alpha value is -1.10. The summed E-state index contributed by atoms with van der Waals surface area (Å²) < 4.78 is 5.56. The summed E-state index contributed by atoms with van der Waals surface area (Å²) in [5.41, 5.74) is 0. The van der Waals surface area contributed by atoms with Gasteiger partial charge in [0.1, 0.15) is 0 Å². The van der Waals surface area contributed by atoms with Crippen molar-refractivity contribution in [2.24, 2.45) is 0 Å². The molecule has 0 aromatic rings. The largest absolute Gasteiger partial charge is 0.474 e. The molecule has 2 aliphatic rings. The molecular weight excluding hydrogens is 198 g/mol. The fourth-order valence-electron chi connectivity index (χ4n) is 2.47. The van der Waals surface area contributed by atoms with E-state index in [9.17, 15) is 9.59 Å². The molecule has 1 heterocycles. The van der Waals surface area contributed by atoms with Crippen molar-refractivity contribution in [3.8, 4) is 0 Å². The number of carbonyl (C=O) groups is 2. The first-order valence-corrected chi connectivity index (χ1v) is 5.35. The monoisotopic (exact) mass is 213 g/mol. The highest BCUT2D eigenvalue weighted by Gasteiger charge is 2.38. The van der Waals surface area contributed by atoms with Gasteiger partial charge in [0.05, 0.1) is 18.8 Å². The first kappa shape index (κ1) is 10.4. The lowest BCUT2D eigenvalue weighted by Crippen LogP contribution is -2.56. The van der Waals surface area contributed by atoms with Gasteiger partial charge in [0, 0.05) is 6.54 Å². The minimum absolute atomic E-state index is 0.0175. The zero-order valence-corrected chi connectivity index (χ0v) is 8.52. The van der Waals surface area contributed by atoms with Crippen LogP contribution in [0.3, 0.4) is 0 Å². The molecule has 1 N–H and O–H groups in total. The van der Waals surface area contributed by atoms with E-state index in [0.29, 0.717) is 13.2 Å². The summed E-state index contributed by atoms with van der Waals surface area (Å²) in [5, 5.41) is 8.69. The number of amides is 1. The third-order valence-corrected chi connectivity index (χ3v) is 3.18. The lowest BCUT2D eigenvalue weighted by Gasteiger charge is -2.42. The van der Waals surface area contributed by atoms with Gasteiger partial charge in [-0.05, 0) is 12.8 Å². The number of morpholine rings is 1. The van der Waals surface area contributed by atoms with Crippen molar-refractivity contribution in [1.82, 2.24) is 4.90 Å². The van der Waals surface area contributed by atoms with E-state index >= 15 is 0 Å². The second-order valence-electron chi connectivity index (χ2n) is 4.06. The van der Waals surface area contributed by atoms with Gasteiger partial charge in [-0.25, -0.2) is 4.79 Å². The topological polar surface area (TPSA) is 66.8 Å². The third-order valence-electron chi connectivity index (χ3n) is 3.18. The molecule has 2 rings (SSSR count). The van der Waals surface area contributed by atoms with E-state index in [1.807, 2.05) is 0 Å². The van der Waals surface area contributed by atoms with Crippen LogP contribution in [-0.4, -0.2) is 47.2 Å². The highest BCUT2D eigenvalue weighted by Crippen LogP contribution is 2.28. The van der Waals surface area contributed by atoms with Gasteiger partial charge in [0.15, 0.2) is 0 Å². The lowest BCUT2D eigenvalue weighted by atomic mass is 9.90. The highest BCUT2D eigenvalue weighted by atomic mass is 16.5. The van der Waals surface area contributed by atoms with Crippen LogP contribution in [0.5, 0.6) is 0 Å². The van der Waals surface area contributed by atoms with Gasteiger partial charge < -0.3 is 14.7 Å². The molecular formula is C10H15NO4. The van der Waals surface area contributed by atoms with Crippen LogP contribution < -0.4 is 0 Å². The van der Waals surface area contributed by atoms with Crippen LogP contribution in [-0.2, 0) is 14.3 Å². The zero-order valence-electron chi connectivity index (χ0n) is 8.52. The predicted octanol–water partition coefficient (Wildman–Crippen LogP) is 0.241. The standard InChI is InChI=1S/C10H15NO4/c12-9(10(13)14)11-5-6-15-8-4-2-1-3-7(8)11/h7-8H,1-6H2,(H,13,14). The molecule has 1 saturated heterocycles. The summed E-state index contributed by atoms with van der Waals surface area (Å²) in [5.74, 6) is -2.14. The van der Waals surface area contributed by atoms with E-state index in [4.69, 9.17) is 9.84 Å². The van der Waals surface area contributed by atoms with Crippen LogP contribution in [0.25, 0.3) is 0 Å². The van der Waals surface area contributed by atoms with Crippen molar-refractivity contribution in [3.05, 3.63) is 0 Å². The Labute approximate surface area is 88.0 Å². The maximum absolute atomic E-state index is 11.4. The molecule has 2 unspecified atom stereocenters. The summed E-state index contributed by atoms with van der Waals surface area (Å²) >= 11 is 0. The Bertz CT molecular complexity index is 277. The normalized spacial score (nSPS) is 30.8. The molecule has 5 heteroatoms. The minimum Gasteiger partial charge on any atom is -0.474 e. The Morgan fingerprint density at radius 1 is 1.27 bits per heavy atom. The molecule has 84 valence electrons. The molecule has 0 spiro atoms. The van der Waals surface area contributed by atoms with Gasteiger partial charge in [-0.1, -0.05) is 12.8 Å². The van der Waals surface area contributed by atoms with Gasteiger partial charge in [-0.2, -0.15) is 0 Å². The van der Waals surface area contributed by atoms with Gasteiger partial charge in [0.25, 0.3) is 0 Å². The number of carbonyl (C=O) groups excluding carboxylic acids is 1. The molecule has 5 nitrogen and oxygen atoms in total. The first-order chi connectivity index (χ1) is 7.20. The number of carboxylic acids is 1. The zero-order chi connectivity index (χ0) is 10.8. The number of rotatable bonds is 0. The molecule has 2 atom stereocenters. The van der Waals surface area contributed by atoms with Crippen LogP contribution in [0.4, 0.5) is 0 Å². The first-order valence-electron chi connectivity index (χ1n) is 5.35. The minimum atomic E-state index is -1.36. The summed E-state index contributed by atoms with van der Waals surface area (Å²) in [4.78, 5) is 23.5. The SMILES string of the molecule is O=C(O)C(=O)N1CCOC2CCCCC21. The molecule has 0 bridgehead atoms. The number of aliphatic carboxylic acids is 1. The Balaban J connectivity index is 2.09. The molecule has 0 aromatic heterocycles. The maximum atomic E-state index is 11.4. The number of nitrogens with zero attached hydrogens (tertiary/aromatic N) is 1. The Kier molecular flexibility index (Phi) is 2.90. The molecule has 2 fully saturated rings. The van der Waals surface area contributed by atoms with Crippen molar-refractivity contribution < 1.29 is 19.4 Å². The van der Waals surface area contributed by atoms with E-state index < -0.39 is 11.9 Å². The van der Waals surface area contributed by atoms with Crippen molar-refractivity contribution in [2.75, 3.05) is 13.2 Å². The molecule has 15 heavy (non-hydrogen) atoms. The van der Waals surface area contributed by atoms with E-state index in [2.05, 4.69) is 0 Å². The third kappa shape index (κ3) is 1.97. The number of ether oxygens (including phenoxy) is 1. The van der Waals surface area contributed by atoms with E-state index in [-0.39, 0.29) is 12.1 Å². The number of carboxylic acid groups (broad SMARTS) is 1. The Morgan fingerprint density at radius 2 is 2.00 bits per heavy atom. The van der Waals surface area contributed by atoms with Gasteiger partial charge in [-0.3, -0.25) is 4.79 Å². The number of fused-ring (bicyclic) bond motifs is 1. The van der Waals surface area contributed by atoms with Crippen LogP contribution in [0.2, 0.25) is 0 Å². The smallest absolute Gasteiger partial charge is 0.394 e. The summed E-state index contributed by atoms with van der Waals surface area (Å²) in [6.45, 7) is 0.868. The number of hydrogen-bond donors (Lipinski definition) is 1. The van der Waals surface area contributed by atoms with E-state index in [1.54, 1.807) is 0 Å². The van der Waals surface area contributed by atoms with Crippen molar-refractivity contribution in [3.63, 3.8) is 0 Å². The van der Waals surface area contributed by atoms with Crippen molar-refractivity contribution in [1.29, 1.82) is 0 Å². The van der Waals surface area contributed by atoms with Gasteiger partial charge in [-0.15, -0.1) is 0 Å². The second-order valence-corrected chi connectivity index (χ2v) is 4.06. The lowest BCUT2D eigenvalue weighted by molar-refractivity contribution is -0.165. The van der Waals surface area contributed by atoms with Crippen LogP contribution in [0.15, 0.2) is 0 Å². The molecule has 1 aliphatic heterocycles. The van der Waals surface area contributed by atoms with Crippen LogP contribution in [0, 0.1) is 0 Å². The van der Waals surface area contributed by atoms with Crippen LogP contribution >= 0.6 is 0 Å². The quantitative estimate of drug-likeness (QED) is 0.585. The highest BCUT2D eigenvalue weighted by molar-refractivity contribution is 6.31. The fourth-order valence-corrected chi connectivity index (χ4v) is 2.47.